The van der Waals surface area contributed by atoms with E-state index in [0.717, 1.165) is 76.4 Å². The summed E-state index contributed by atoms with van der Waals surface area (Å²) >= 11 is 0. The van der Waals surface area contributed by atoms with E-state index in [4.69, 9.17) is 14.6 Å². The van der Waals surface area contributed by atoms with Crippen molar-refractivity contribution in [2.24, 2.45) is 0 Å². The summed E-state index contributed by atoms with van der Waals surface area (Å²) < 4.78 is 38.9. The summed E-state index contributed by atoms with van der Waals surface area (Å²) in [5.41, 5.74) is 5.83. The number of H-pyrrole nitrogens is 3. The molecule has 3 heterocycles. The van der Waals surface area contributed by atoms with Gasteiger partial charge >= 0.3 is 6.18 Å². The summed E-state index contributed by atoms with van der Waals surface area (Å²) in [7, 11) is 1.64. The van der Waals surface area contributed by atoms with Gasteiger partial charge < -0.3 is 29.9 Å². The molecule has 0 unspecified atom stereocenters. The van der Waals surface area contributed by atoms with Gasteiger partial charge in [-0.25, -0.2) is 4.98 Å². The number of carbonyl (C=O) groups excluding carboxylic acids is 3. The zero-order chi connectivity index (χ0) is 35.6. The Morgan fingerprint density at radius 2 is 1.80 bits per heavy atom. The van der Waals surface area contributed by atoms with E-state index in [0.29, 0.717) is 18.6 Å². The molecular weight excluding hydrogens is 641 g/mol. The lowest BCUT2D eigenvalue weighted by atomic mass is 10.0. The first-order chi connectivity index (χ1) is 23.4. The summed E-state index contributed by atoms with van der Waals surface area (Å²) in [6, 6.07) is 15.7. The molecule has 0 saturated heterocycles. The molecule has 4 N–H and O–H groups in total. The fourth-order valence-electron chi connectivity index (χ4n) is 5.34. The van der Waals surface area contributed by atoms with Crippen LogP contribution in [0.2, 0.25) is 0 Å². The lowest BCUT2D eigenvalue weighted by Crippen LogP contribution is -2.37. The van der Waals surface area contributed by atoms with Crippen molar-refractivity contribution in [3.05, 3.63) is 84.2 Å². The molecule has 0 fully saturated rings. The second kappa shape index (κ2) is 16.6. The molecule has 2 aromatic carbocycles. The van der Waals surface area contributed by atoms with Crippen LogP contribution in [-0.4, -0.2) is 51.0 Å². The van der Waals surface area contributed by atoms with E-state index in [-0.39, 0.29) is 18.4 Å². The molecule has 49 heavy (non-hydrogen) atoms. The minimum Gasteiger partial charge on any atom is -0.542 e. The number of hydrogen-bond acceptors (Lipinski definition) is 6. The van der Waals surface area contributed by atoms with Gasteiger partial charge in [0.05, 0.1) is 37.7 Å². The molecular formula is C35H39F3N6O5. The summed E-state index contributed by atoms with van der Waals surface area (Å²) in [6.07, 6.45) is 5.28. The van der Waals surface area contributed by atoms with E-state index in [1.54, 1.807) is 7.11 Å². The Labute approximate surface area is 280 Å². The van der Waals surface area contributed by atoms with Gasteiger partial charge in [0.15, 0.2) is 0 Å². The Bertz CT molecular complexity index is 1850. The molecule has 3 aromatic heterocycles. The van der Waals surface area contributed by atoms with Crippen molar-refractivity contribution in [3.63, 3.8) is 0 Å². The predicted molar refractivity (Wildman–Crippen MR) is 174 cm³/mol. The number of aromatic amines is 3. The van der Waals surface area contributed by atoms with E-state index < -0.39 is 12.1 Å². The first kappa shape index (κ1) is 36.4. The van der Waals surface area contributed by atoms with Crippen LogP contribution in [0, 0.1) is 6.92 Å². The van der Waals surface area contributed by atoms with Crippen molar-refractivity contribution in [3.8, 4) is 22.7 Å². The van der Waals surface area contributed by atoms with Crippen molar-refractivity contribution >= 4 is 28.6 Å². The summed E-state index contributed by atoms with van der Waals surface area (Å²) in [5.74, 6) is -1.30. The van der Waals surface area contributed by atoms with Gasteiger partial charge in [0, 0.05) is 53.2 Å². The quantitative estimate of drug-likeness (QED) is 0.0943. The van der Waals surface area contributed by atoms with Crippen molar-refractivity contribution in [1.82, 2.24) is 25.4 Å². The molecule has 11 nitrogen and oxygen atoms in total. The first-order valence-electron chi connectivity index (χ1n) is 15.8. The third-order valence-corrected chi connectivity index (χ3v) is 8.00. The molecule has 5 aromatic rings. The summed E-state index contributed by atoms with van der Waals surface area (Å²) in [5, 5.41) is 16.2. The lowest BCUT2D eigenvalue weighted by molar-refractivity contribution is -0.655. The second-order valence-corrected chi connectivity index (χ2v) is 11.5. The van der Waals surface area contributed by atoms with Crippen LogP contribution in [0.1, 0.15) is 68.6 Å². The monoisotopic (exact) mass is 680 g/mol. The number of fused-ring (bicyclic) bond motifs is 1. The number of carbonyl (C=O) groups is 3. The number of halogens is 3. The summed E-state index contributed by atoms with van der Waals surface area (Å²) in [4.78, 5) is 45.5. The maximum Gasteiger partial charge on any atom is 0.430 e. The zero-order valence-corrected chi connectivity index (χ0v) is 27.4. The first-order valence-corrected chi connectivity index (χ1v) is 15.8. The van der Waals surface area contributed by atoms with Gasteiger partial charge in [0.25, 0.3) is 0 Å². The van der Waals surface area contributed by atoms with Gasteiger partial charge in [-0.2, -0.15) is 18.3 Å². The number of hydrogen-bond donors (Lipinski definition) is 4. The van der Waals surface area contributed by atoms with Crippen LogP contribution >= 0.6 is 0 Å². The van der Waals surface area contributed by atoms with Crippen LogP contribution < -0.4 is 19.8 Å². The second-order valence-electron chi connectivity index (χ2n) is 11.5. The zero-order valence-electron chi connectivity index (χ0n) is 27.4. The molecule has 0 saturated carbocycles. The normalized spacial score (nSPS) is 11.9. The molecule has 0 spiro atoms. The highest BCUT2D eigenvalue weighted by Crippen LogP contribution is 2.28. The fraction of sp³-hybridized carbons (Fsp3) is 0.343. The van der Waals surface area contributed by atoms with Crippen molar-refractivity contribution in [1.29, 1.82) is 0 Å². The number of aromatic nitrogens is 5. The van der Waals surface area contributed by atoms with E-state index in [9.17, 15) is 22.8 Å². The molecule has 0 bridgehead atoms. The number of nitrogens with one attached hydrogen (secondary N) is 4. The molecule has 0 radical (unpaired) electrons. The maximum absolute atomic E-state index is 13.4. The van der Waals surface area contributed by atoms with E-state index >= 15 is 0 Å². The number of Topliss-reactive ketones (excluding diaryl/α,β-unsaturated/α-hetero) is 1. The number of aliphatic carboxylic acids is 1. The topological polar surface area (TPSA) is 160 Å². The number of benzene rings is 2. The molecule has 0 aliphatic heterocycles. The Morgan fingerprint density at radius 3 is 2.43 bits per heavy atom. The Morgan fingerprint density at radius 1 is 1.06 bits per heavy atom. The Hall–Kier alpha value is -5.40. The highest BCUT2D eigenvalue weighted by Gasteiger charge is 2.29. The van der Waals surface area contributed by atoms with Gasteiger partial charge in [0.2, 0.25) is 17.8 Å². The standard InChI is InChI=1S/C33H38N6O3.C2HF3O2/c1-4-25(40)9-6-5-7-10-30(37-32(41)20-27-22(2)36-29-16-15-26(42-3)19-28(27)29)33-34-21-31(38-33)23-11-13-24(14-12-23)39-18-8-17-35-39;3-2(4,5)1(6)7/h8,11-19,21,30,36H,4-7,9-10,20H2,1-3H3,(H2,34,37,38,41);(H,6,7)/t30-;/m0./s1. The van der Waals surface area contributed by atoms with Crippen molar-refractivity contribution in [2.45, 2.75) is 71.0 Å². The SMILES string of the molecule is CCC(=O)CCCCC[C@H](NC(=O)Cc1c(C)[nH]c2ccc(OC)cc12)c1ncc(-c2ccc(-[n+]3ccc[nH]3)cc2)[nH]1.O=C([O-])C(F)(F)F. The molecule has 0 aliphatic rings. The number of imidazole rings is 1. The van der Waals surface area contributed by atoms with E-state index in [1.165, 1.54) is 0 Å². The highest BCUT2D eigenvalue weighted by atomic mass is 19.4. The van der Waals surface area contributed by atoms with Crippen LogP contribution in [0.3, 0.4) is 0 Å². The van der Waals surface area contributed by atoms with Crippen LogP contribution in [-0.2, 0) is 20.8 Å². The number of ether oxygens (including phenoxy) is 1. The average molecular weight is 681 g/mol. The van der Waals surface area contributed by atoms with Gasteiger partial charge in [-0.15, -0.1) is 0 Å². The van der Waals surface area contributed by atoms with Crippen LogP contribution in [0.15, 0.2) is 67.1 Å². The molecule has 14 heteroatoms. The van der Waals surface area contributed by atoms with Gasteiger partial charge in [0.1, 0.15) is 23.3 Å². The minimum absolute atomic E-state index is 0.0711. The number of alkyl halides is 3. The van der Waals surface area contributed by atoms with Gasteiger partial charge in [-0.1, -0.05) is 24.4 Å². The summed E-state index contributed by atoms with van der Waals surface area (Å²) in [6.45, 7) is 3.89. The Balaban J connectivity index is 0.000000698. The van der Waals surface area contributed by atoms with Crippen molar-refractivity contribution in [2.75, 3.05) is 7.11 Å². The van der Waals surface area contributed by atoms with E-state index in [2.05, 4.69) is 25.4 Å². The lowest BCUT2D eigenvalue weighted by Gasteiger charge is -2.17. The number of carboxylic acid groups (broad SMARTS) is 1. The number of aryl methyl sites for hydroxylation is 1. The van der Waals surface area contributed by atoms with Crippen molar-refractivity contribution < 1.29 is 42.1 Å². The molecule has 1 amide bonds. The Kier molecular flexibility index (Phi) is 12.4. The number of nitrogens with zero attached hydrogens (tertiary/aromatic N) is 2. The average Bonchev–Trinajstić information content (AvgIpc) is 3.85. The maximum atomic E-state index is 13.4. The number of ketones is 1. The third kappa shape index (κ3) is 10.0. The number of carboxylic acids is 1. The van der Waals surface area contributed by atoms with E-state index in [1.807, 2.05) is 85.7 Å². The number of rotatable bonds is 14. The molecule has 260 valence electrons. The fourth-order valence-corrected chi connectivity index (χ4v) is 5.34. The largest absolute Gasteiger partial charge is 0.542 e. The number of methoxy groups -OCH3 is 1. The molecule has 5 rings (SSSR count). The molecule has 0 aliphatic carbocycles. The van der Waals surface area contributed by atoms with Crippen LogP contribution in [0.25, 0.3) is 27.8 Å². The smallest absolute Gasteiger partial charge is 0.430 e. The highest BCUT2D eigenvalue weighted by molar-refractivity contribution is 5.91. The number of unbranched alkanes of at least 4 members (excludes halogenated alkanes) is 2. The van der Waals surface area contributed by atoms with Crippen LogP contribution in [0.5, 0.6) is 5.75 Å². The predicted octanol–water partition coefficient (Wildman–Crippen LogP) is 5.11. The minimum atomic E-state index is -5.19. The number of amides is 1. The van der Waals surface area contributed by atoms with Crippen LogP contribution in [0.4, 0.5) is 13.2 Å². The van der Waals surface area contributed by atoms with Gasteiger partial charge in [-0.3, -0.25) is 9.59 Å². The third-order valence-electron chi connectivity index (χ3n) is 8.00. The van der Waals surface area contributed by atoms with Gasteiger partial charge in [-0.05, 0) is 55.7 Å². The molecule has 1 atom stereocenters.